The van der Waals surface area contributed by atoms with E-state index in [1.807, 2.05) is 45.0 Å². The molecule has 1 N–H and O–H groups in total. The van der Waals surface area contributed by atoms with E-state index in [9.17, 15) is 14.7 Å². The van der Waals surface area contributed by atoms with Crippen LogP contribution in [0.3, 0.4) is 0 Å². The van der Waals surface area contributed by atoms with Gasteiger partial charge in [-0.3, -0.25) is 14.5 Å². The third-order valence-corrected chi connectivity index (χ3v) is 5.65. The summed E-state index contributed by atoms with van der Waals surface area (Å²) in [6.07, 6.45) is 0.00980. The highest BCUT2D eigenvalue weighted by Crippen LogP contribution is 2.42. The van der Waals surface area contributed by atoms with Gasteiger partial charge in [-0.1, -0.05) is 29.8 Å². The monoisotopic (exact) mass is 457 g/mol. The number of ether oxygens (including phenoxy) is 2. The Labute approximate surface area is 199 Å². The zero-order valence-electron chi connectivity index (χ0n) is 19.6. The molecule has 3 aromatic rings. The molecular weight excluding hydrogens is 430 g/mol. The van der Waals surface area contributed by atoms with Crippen molar-refractivity contribution in [2.24, 2.45) is 0 Å². The molecule has 4 rings (SSSR count). The van der Waals surface area contributed by atoms with Gasteiger partial charge in [0.25, 0.3) is 11.7 Å². The Morgan fingerprint density at radius 2 is 1.59 bits per heavy atom. The Kier molecular flexibility index (Phi) is 6.41. The topological polar surface area (TPSA) is 76.1 Å². The van der Waals surface area contributed by atoms with Crippen molar-refractivity contribution in [2.45, 2.75) is 32.9 Å². The number of nitrogens with zero attached hydrogens (tertiary/aromatic N) is 1. The summed E-state index contributed by atoms with van der Waals surface area (Å²) in [5.41, 5.74) is 2.73. The molecule has 0 radical (unpaired) electrons. The summed E-state index contributed by atoms with van der Waals surface area (Å²) < 4.78 is 10.9. The highest BCUT2D eigenvalue weighted by Gasteiger charge is 2.47. The largest absolute Gasteiger partial charge is 0.507 e. The van der Waals surface area contributed by atoms with Gasteiger partial charge in [-0.05, 0) is 74.9 Å². The van der Waals surface area contributed by atoms with Gasteiger partial charge in [0, 0.05) is 11.3 Å². The number of hydrogen-bond acceptors (Lipinski definition) is 5. The van der Waals surface area contributed by atoms with Crippen LogP contribution in [0, 0.1) is 6.92 Å². The number of carbonyl (C=O) groups excluding carboxylic acids is 2. The van der Waals surface area contributed by atoms with E-state index in [1.54, 1.807) is 55.6 Å². The van der Waals surface area contributed by atoms with Gasteiger partial charge in [-0.15, -0.1) is 0 Å². The lowest BCUT2D eigenvalue weighted by atomic mass is 9.94. The first kappa shape index (κ1) is 23.1. The average molecular weight is 458 g/mol. The molecule has 1 atom stereocenters. The Hall–Kier alpha value is -4.06. The van der Waals surface area contributed by atoms with E-state index < -0.39 is 17.7 Å². The van der Waals surface area contributed by atoms with Crippen molar-refractivity contribution < 1.29 is 24.2 Å². The van der Waals surface area contributed by atoms with Crippen molar-refractivity contribution in [3.8, 4) is 11.5 Å². The van der Waals surface area contributed by atoms with E-state index in [2.05, 4.69) is 0 Å². The Morgan fingerprint density at radius 1 is 0.941 bits per heavy atom. The molecule has 34 heavy (non-hydrogen) atoms. The van der Waals surface area contributed by atoms with Gasteiger partial charge in [0.2, 0.25) is 0 Å². The number of aryl methyl sites for hydroxylation is 1. The van der Waals surface area contributed by atoms with Crippen molar-refractivity contribution in [1.29, 1.82) is 0 Å². The van der Waals surface area contributed by atoms with Crippen LogP contribution >= 0.6 is 0 Å². The molecule has 3 aromatic carbocycles. The van der Waals surface area contributed by atoms with E-state index in [4.69, 9.17) is 9.47 Å². The molecule has 0 bridgehead atoms. The number of anilines is 1. The van der Waals surface area contributed by atoms with E-state index in [0.29, 0.717) is 22.7 Å². The van der Waals surface area contributed by atoms with Crippen LogP contribution in [0.15, 0.2) is 78.4 Å². The zero-order chi connectivity index (χ0) is 24.4. The van der Waals surface area contributed by atoms with Crippen molar-refractivity contribution in [2.75, 3.05) is 12.0 Å². The second-order valence-corrected chi connectivity index (χ2v) is 8.47. The van der Waals surface area contributed by atoms with Crippen molar-refractivity contribution in [1.82, 2.24) is 0 Å². The lowest BCUT2D eigenvalue weighted by Crippen LogP contribution is -2.29. The zero-order valence-corrected chi connectivity index (χ0v) is 19.6. The molecule has 0 aliphatic carbocycles. The van der Waals surface area contributed by atoms with Crippen LogP contribution in [-0.4, -0.2) is 30.0 Å². The summed E-state index contributed by atoms with van der Waals surface area (Å²) in [5, 5.41) is 11.2. The Bertz CT molecular complexity index is 1240. The fourth-order valence-corrected chi connectivity index (χ4v) is 4.12. The molecule has 0 saturated carbocycles. The molecule has 1 fully saturated rings. The molecule has 1 amide bonds. The maximum atomic E-state index is 13.2. The summed E-state index contributed by atoms with van der Waals surface area (Å²) in [5.74, 6) is -0.367. The fourth-order valence-electron chi connectivity index (χ4n) is 4.12. The summed E-state index contributed by atoms with van der Waals surface area (Å²) in [7, 11) is 1.56. The van der Waals surface area contributed by atoms with Gasteiger partial charge < -0.3 is 14.6 Å². The molecule has 1 saturated heterocycles. The number of Topliss-reactive ketones (excluding diaryl/α,β-unsaturated/α-hetero) is 1. The highest BCUT2D eigenvalue weighted by atomic mass is 16.5. The third kappa shape index (κ3) is 4.39. The molecule has 174 valence electrons. The number of methoxy groups -OCH3 is 1. The van der Waals surface area contributed by atoms with Crippen LogP contribution in [0.5, 0.6) is 11.5 Å². The Balaban J connectivity index is 1.85. The molecule has 0 aromatic heterocycles. The minimum atomic E-state index is -0.778. The van der Waals surface area contributed by atoms with Gasteiger partial charge in [0.05, 0.1) is 24.8 Å². The minimum absolute atomic E-state index is 0.00980. The quantitative estimate of drug-likeness (QED) is 0.304. The lowest BCUT2D eigenvalue weighted by molar-refractivity contribution is -0.132. The van der Waals surface area contributed by atoms with Crippen LogP contribution < -0.4 is 14.4 Å². The molecule has 1 unspecified atom stereocenters. The highest BCUT2D eigenvalue weighted by molar-refractivity contribution is 6.51. The molecule has 1 aliphatic rings. The molecule has 6 nitrogen and oxygen atoms in total. The number of aliphatic hydroxyl groups excluding tert-OH is 1. The van der Waals surface area contributed by atoms with E-state index >= 15 is 0 Å². The summed E-state index contributed by atoms with van der Waals surface area (Å²) in [4.78, 5) is 27.9. The van der Waals surface area contributed by atoms with Crippen molar-refractivity contribution in [3.63, 3.8) is 0 Å². The van der Waals surface area contributed by atoms with Crippen molar-refractivity contribution in [3.05, 3.63) is 95.1 Å². The molecule has 1 heterocycles. The van der Waals surface area contributed by atoms with E-state index in [-0.39, 0.29) is 17.4 Å². The summed E-state index contributed by atoms with van der Waals surface area (Å²) in [6, 6.07) is 20.6. The average Bonchev–Trinajstić information content (AvgIpc) is 3.09. The first-order chi connectivity index (χ1) is 16.3. The number of ketones is 1. The van der Waals surface area contributed by atoms with Crippen LogP contribution in [-0.2, 0) is 9.59 Å². The van der Waals surface area contributed by atoms with Crippen LogP contribution in [0.4, 0.5) is 5.69 Å². The SMILES string of the molecule is COc1ccc(N2C(=O)C(=O)/C(=C(\O)c3ccc(OC(C)C)cc3)C2c2cccc(C)c2)cc1. The van der Waals surface area contributed by atoms with Gasteiger partial charge in [-0.2, -0.15) is 0 Å². The predicted octanol–water partition coefficient (Wildman–Crippen LogP) is 5.42. The smallest absolute Gasteiger partial charge is 0.300 e. The van der Waals surface area contributed by atoms with Gasteiger partial charge in [-0.25, -0.2) is 0 Å². The molecule has 0 spiro atoms. The summed E-state index contributed by atoms with van der Waals surface area (Å²) >= 11 is 0. The van der Waals surface area contributed by atoms with Gasteiger partial charge >= 0.3 is 0 Å². The first-order valence-electron chi connectivity index (χ1n) is 11.1. The number of benzene rings is 3. The number of hydrogen-bond donors (Lipinski definition) is 1. The minimum Gasteiger partial charge on any atom is -0.507 e. The third-order valence-electron chi connectivity index (χ3n) is 5.65. The number of carbonyl (C=O) groups is 2. The van der Waals surface area contributed by atoms with E-state index in [1.165, 1.54) is 4.90 Å². The summed E-state index contributed by atoms with van der Waals surface area (Å²) in [6.45, 7) is 5.79. The van der Waals surface area contributed by atoms with E-state index in [0.717, 1.165) is 11.1 Å². The predicted molar refractivity (Wildman–Crippen MR) is 131 cm³/mol. The second kappa shape index (κ2) is 9.43. The van der Waals surface area contributed by atoms with Gasteiger partial charge in [0.15, 0.2) is 0 Å². The van der Waals surface area contributed by atoms with Crippen molar-refractivity contribution >= 4 is 23.1 Å². The number of amides is 1. The lowest BCUT2D eigenvalue weighted by Gasteiger charge is -2.26. The maximum Gasteiger partial charge on any atom is 0.300 e. The molecule has 6 heteroatoms. The molecular formula is C28H27NO5. The maximum absolute atomic E-state index is 13.2. The van der Waals surface area contributed by atoms with Crippen LogP contribution in [0.2, 0.25) is 0 Å². The Morgan fingerprint density at radius 3 is 2.18 bits per heavy atom. The first-order valence-corrected chi connectivity index (χ1v) is 11.1. The number of rotatable bonds is 6. The normalized spacial score (nSPS) is 17.3. The molecule has 1 aliphatic heterocycles. The number of aliphatic hydroxyl groups is 1. The standard InChI is InChI=1S/C28H27NO5/c1-17(2)34-23-12-8-19(9-13-23)26(30)24-25(20-7-5-6-18(3)16-20)29(28(32)27(24)31)21-10-14-22(33-4)15-11-21/h5-17,25,30H,1-4H3/b26-24-. The second-order valence-electron chi connectivity index (χ2n) is 8.47. The van der Waals surface area contributed by atoms with Gasteiger partial charge in [0.1, 0.15) is 17.3 Å². The fraction of sp³-hybridized carbons (Fsp3) is 0.214. The van der Waals surface area contributed by atoms with Crippen LogP contribution in [0.1, 0.15) is 36.6 Å². The van der Waals surface area contributed by atoms with Crippen LogP contribution in [0.25, 0.3) is 5.76 Å².